The van der Waals surface area contributed by atoms with Crippen LogP contribution in [0.2, 0.25) is 0 Å². The van der Waals surface area contributed by atoms with Crippen LogP contribution in [0.1, 0.15) is 5.56 Å². The molecule has 0 unspecified atom stereocenters. The molecular formula is C12H11FN8. The topological polar surface area (TPSA) is 107 Å². The number of halogens is 1. The van der Waals surface area contributed by atoms with Crippen LogP contribution >= 0.6 is 0 Å². The van der Waals surface area contributed by atoms with Crippen molar-refractivity contribution in [2.75, 3.05) is 11.1 Å². The Morgan fingerprint density at radius 1 is 1.24 bits per heavy atom. The normalized spacial score (nSPS) is 10.6. The quantitative estimate of drug-likeness (QED) is 0.745. The van der Waals surface area contributed by atoms with Crippen LogP contribution in [0.15, 0.2) is 30.9 Å². The van der Waals surface area contributed by atoms with Gasteiger partial charge in [0, 0.05) is 0 Å². The number of aromatic nitrogens is 6. The first-order valence-electron chi connectivity index (χ1n) is 6.01. The number of nitrogens with zero attached hydrogens (tertiary/aromatic N) is 6. The second-order valence-electron chi connectivity index (χ2n) is 4.27. The number of hydrogen-bond donors (Lipinski definition) is 2. The van der Waals surface area contributed by atoms with Gasteiger partial charge >= 0.3 is 0 Å². The summed E-state index contributed by atoms with van der Waals surface area (Å²) in [6.45, 7) is 1.80. The average molecular weight is 286 g/mol. The summed E-state index contributed by atoms with van der Waals surface area (Å²) < 4.78 is 15.1. The minimum absolute atomic E-state index is 0.00878. The average Bonchev–Trinajstić information content (AvgIpc) is 2.95. The molecule has 0 fully saturated rings. The number of rotatable bonds is 3. The Morgan fingerprint density at radius 3 is 2.81 bits per heavy atom. The summed E-state index contributed by atoms with van der Waals surface area (Å²) >= 11 is 0. The van der Waals surface area contributed by atoms with E-state index < -0.39 is 5.82 Å². The molecule has 0 saturated heterocycles. The van der Waals surface area contributed by atoms with E-state index in [4.69, 9.17) is 5.73 Å². The van der Waals surface area contributed by atoms with Crippen molar-refractivity contribution < 1.29 is 4.39 Å². The Morgan fingerprint density at radius 2 is 2.10 bits per heavy atom. The summed E-state index contributed by atoms with van der Waals surface area (Å²) in [6.07, 6.45) is 2.76. The third-order valence-corrected chi connectivity index (χ3v) is 2.64. The van der Waals surface area contributed by atoms with Crippen LogP contribution in [-0.2, 0) is 0 Å². The molecule has 8 nitrogen and oxygen atoms in total. The third kappa shape index (κ3) is 2.76. The van der Waals surface area contributed by atoms with Gasteiger partial charge in [0.1, 0.15) is 18.5 Å². The fourth-order valence-corrected chi connectivity index (χ4v) is 1.69. The number of hydrogen-bond acceptors (Lipinski definition) is 7. The molecule has 0 aliphatic heterocycles. The molecule has 3 N–H and O–H groups in total. The van der Waals surface area contributed by atoms with Crippen LogP contribution in [0.4, 0.5) is 22.0 Å². The van der Waals surface area contributed by atoms with Gasteiger partial charge in [0.2, 0.25) is 11.9 Å². The largest absolute Gasteiger partial charge is 0.368 e. The lowest BCUT2D eigenvalue weighted by molar-refractivity contribution is 0.630. The first-order valence-corrected chi connectivity index (χ1v) is 6.01. The Bertz CT molecular complexity index is 771. The van der Waals surface area contributed by atoms with Crippen LogP contribution in [0.25, 0.3) is 5.95 Å². The third-order valence-electron chi connectivity index (χ3n) is 2.64. The zero-order valence-electron chi connectivity index (χ0n) is 11.0. The van der Waals surface area contributed by atoms with Crippen LogP contribution < -0.4 is 11.1 Å². The number of anilines is 3. The molecule has 2 aromatic heterocycles. The highest BCUT2D eigenvalue weighted by Gasteiger charge is 2.09. The molecule has 3 aromatic rings. The zero-order valence-corrected chi connectivity index (χ0v) is 11.0. The van der Waals surface area contributed by atoms with Crippen molar-refractivity contribution >= 4 is 17.6 Å². The summed E-state index contributed by atoms with van der Waals surface area (Å²) in [7, 11) is 0. The molecular weight excluding hydrogens is 275 g/mol. The Balaban J connectivity index is 1.95. The predicted molar refractivity (Wildman–Crippen MR) is 73.6 cm³/mol. The summed E-state index contributed by atoms with van der Waals surface area (Å²) in [6, 6.07) is 4.78. The Labute approximate surface area is 118 Å². The smallest absolute Gasteiger partial charge is 0.258 e. The van der Waals surface area contributed by atoms with Gasteiger partial charge in [-0.25, -0.2) is 9.37 Å². The number of nitrogens with two attached hydrogens (primary N) is 1. The molecule has 0 saturated carbocycles. The van der Waals surface area contributed by atoms with Crippen LogP contribution in [0.3, 0.4) is 0 Å². The first-order chi connectivity index (χ1) is 10.1. The molecule has 9 heteroatoms. The van der Waals surface area contributed by atoms with Gasteiger partial charge in [-0.2, -0.15) is 24.7 Å². The highest BCUT2D eigenvalue weighted by atomic mass is 19.1. The van der Waals surface area contributed by atoms with Gasteiger partial charge < -0.3 is 11.1 Å². The van der Waals surface area contributed by atoms with E-state index in [1.165, 1.54) is 23.4 Å². The summed E-state index contributed by atoms with van der Waals surface area (Å²) in [5.74, 6) is -0.104. The van der Waals surface area contributed by atoms with Gasteiger partial charge in [0.25, 0.3) is 5.95 Å². The molecule has 21 heavy (non-hydrogen) atoms. The lowest BCUT2D eigenvalue weighted by Crippen LogP contribution is -2.10. The molecule has 106 valence electrons. The maximum absolute atomic E-state index is 13.8. The molecule has 0 atom stereocenters. The van der Waals surface area contributed by atoms with Crippen LogP contribution in [0.5, 0.6) is 0 Å². The molecule has 0 aliphatic carbocycles. The van der Waals surface area contributed by atoms with Crippen molar-refractivity contribution in [3.8, 4) is 5.95 Å². The Hall–Kier alpha value is -3.10. The molecule has 0 aliphatic rings. The lowest BCUT2D eigenvalue weighted by Gasteiger charge is -2.08. The van der Waals surface area contributed by atoms with Gasteiger partial charge in [-0.1, -0.05) is 6.07 Å². The summed E-state index contributed by atoms with van der Waals surface area (Å²) in [4.78, 5) is 15.8. The van der Waals surface area contributed by atoms with Gasteiger partial charge in [0.05, 0.1) is 5.69 Å². The van der Waals surface area contributed by atoms with Gasteiger partial charge in [-0.3, -0.25) is 0 Å². The standard InChI is InChI=1S/C12H11FN8/c1-7-2-3-9(8(13)4-7)17-11-18-10(14)19-12(20-11)21-6-15-5-16-21/h2-6H,1H3,(H3,14,17,18,19,20). The molecule has 0 bridgehead atoms. The van der Waals surface area contributed by atoms with Crippen molar-refractivity contribution in [3.05, 3.63) is 42.2 Å². The van der Waals surface area contributed by atoms with E-state index in [0.29, 0.717) is 0 Å². The fourth-order valence-electron chi connectivity index (χ4n) is 1.69. The second-order valence-corrected chi connectivity index (χ2v) is 4.27. The maximum atomic E-state index is 13.8. The highest BCUT2D eigenvalue weighted by Crippen LogP contribution is 2.19. The first kappa shape index (κ1) is 12.9. The molecule has 2 heterocycles. The van der Waals surface area contributed by atoms with Crippen molar-refractivity contribution in [2.24, 2.45) is 0 Å². The van der Waals surface area contributed by atoms with E-state index in [2.05, 4.69) is 30.4 Å². The second kappa shape index (κ2) is 5.12. The molecule has 0 amide bonds. The summed E-state index contributed by atoms with van der Waals surface area (Å²) in [5, 5.41) is 6.66. The number of nitrogens with one attached hydrogen (secondary N) is 1. The predicted octanol–water partition coefficient (Wildman–Crippen LogP) is 1.23. The van der Waals surface area contributed by atoms with E-state index in [1.807, 2.05) is 0 Å². The van der Waals surface area contributed by atoms with Crippen molar-refractivity contribution in [3.63, 3.8) is 0 Å². The molecule has 3 rings (SSSR count). The number of nitrogen functional groups attached to an aromatic ring is 1. The zero-order chi connectivity index (χ0) is 14.8. The Kier molecular flexibility index (Phi) is 3.14. The molecule has 0 spiro atoms. The minimum Gasteiger partial charge on any atom is -0.368 e. The van der Waals surface area contributed by atoms with Gasteiger partial charge in [0.15, 0.2) is 0 Å². The minimum atomic E-state index is -0.406. The fraction of sp³-hybridized carbons (Fsp3) is 0.0833. The molecule has 1 aromatic carbocycles. The highest BCUT2D eigenvalue weighted by molar-refractivity contribution is 5.55. The van der Waals surface area contributed by atoms with Gasteiger partial charge in [-0.05, 0) is 24.6 Å². The SMILES string of the molecule is Cc1ccc(Nc2nc(N)nc(-n3cncn3)n2)c(F)c1. The van der Waals surface area contributed by atoms with Crippen molar-refractivity contribution in [1.82, 2.24) is 29.7 Å². The molecule has 0 radical (unpaired) electrons. The van der Waals surface area contributed by atoms with Gasteiger partial charge in [-0.15, -0.1) is 0 Å². The number of benzene rings is 1. The van der Waals surface area contributed by atoms with Crippen LogP contribution in [-0.4, -0.2) is 29.7 Å². The summed E-state index contributed by atoms with van der Waals surface area (Å²) in [5.41, 5.74) is 6.69. The lowest BCUT2D eigenvalue weighted by atomic mass is 10.2. The monoisotopic (exact) mass is 286 g/mol. The van der Waals surface area contributed by atoms with Crippen LogP contribution in [0, 0.1) is 12.7 Å². The van der Waals surface area contributed by atoms with E-state index in [-0.39, 0.29) is 23.5 Å². The van der Waals surface area contributed by atoms with E-state index in [9.17, 15) is 4.39 Å². The van der Waals surface area contributed by atoms with E-state index >= 15 is 0 Å². The van der Waals surface area contributed by atoms with E-state index in [1.54, 1.807) is 19.1 Å². The maximum Gasteiger partial charge on any atom is 0.258 e. The van der Waals surface area contributed by atoms with Crippen molar-refractivity contribution in [1.29, 1.82) is 0 Å². The van der Waals surface area contributed by atoms with E-state index in [0.717, 1.165) is 5.56 Å². The van der Waals surface area contributed by atoms with Crippen molar-refractivity contribution in [2.45, 2.75) is 6.92 Å². The number of aryl methyl sites for hydroxylation is 1.